The molecule has 0 aromatic heterocycles. The van der Waals surface area contributed by atoms with Crippen molar-refractivity contribution >= 4 is 18.0 Å². The van der Waals surface area contributed by atoms with Crippen LogP contribution in [0.2, 0.25) is 0 Å². The van der Waals surface area contributed by atoms with Crippen molar-refractivity contribution in [3.8, 4) is 6.07 Å². The fourth-order valence-electron chi connectivity index (χ4n) is 1.70. The van der Waals surface area contributed by atoms with Gasteiger partial charge < -0.3 is 10.0 Å². The predicted molar refractivity (Wildman–Crippen MR) is 75.0 cm³/mol. The van der Waals surface area contributed by atoms with Crippen LogP contribution in [0, 0.1) is 18.3 Å². The first-order chi connectivity index (χ1) is 9.45. The Morgan fingerprint density at radius 1 is 1.45 bits per heavy atom. The van der Waals surface area contributed by atoms with E-state index in [1.165, 1.54) is 11.0 Å². The Morgan fingerprint density at radius 3 is 2.70 bits per heavy atom. The minimum Gasteiger partial charge on any atom is -0.478 e. The van der Waals surface area contributed by atoms with E-state index in [1.54, 1.807) is 25.2 Å². The number of aryl methyl sites for hydroxylation is 1. The quantitative estimate of drug-likeness (QED) is 0.832. The molecule has 0 unspecified atom stereocenters. The molecule has 1 aromatic rings. The number of aliphatic carboxylic acids is 1. The third-order valence-electron chi connectivity index (χ3n) is 2.83. The van der Waals surface area contributed by atoms with E-state index >= 15 is 0 Å². The SMILES string of the molecule is Cc1cc(C(=O)N(C)CCC#N)ccc1/C=C/C(=O)O. The summed E-state index contributed by atoms with van der Waals surface area (Å²) in [5.41, 5.74) is 2.10. The largest absolute Gasteiger partial charge is 0.478 e. The zero-order valence-electron chi connectivity index (χ0n) is 11.5. The molecule has 5 heteroatoms. The molecule has 0 aliphatic rings. The van der Waals surface area contributed by atoms with Crippen LogP contribution < -0.4 is 0 Å². The van der Waals surface area contributed by atoms with Gasteiger partial charge in [-0.1, -0.05) is 6.07 Å². The molecule has 1 N–H and O–H groups in total. The van der Waals surface area contributed by atoms with Crippen molar-refractivity contribution in [3.63, 3.8) is 0 Å². The minimum atomic E-state index is -1.01. The molecular weight excluding hydrogens is 256 g/mol. The number of rotatable bonds is 5. The number of benzene rings is 1. The summed E-state index contributed by atoms with van der Waals surface area (Å²) in [5.74, 6) is -1.17. The molecule has 0 atom stereocenters. The van der Waals surface area contributed by atoms with E-state index in [0.717, 1.165) is 17.2 Å². The molecule has 20 heavy (non-hydrogen) atoms. The average Bonchev–Trinajstić information content (AvgIpc) is 2.42. The monoisotopic (exact) mass is 272 g/mol. The summed E-state index contributed by atoms with van der Waals surface area (Å²) < 4.78 is 0. The molecule has 0 aliphatic carbocycles. The van der Waals surface area contributed by atoms with Crippen molar-refractivity contribution in [2.45, 2.75) is 13.3 Å². The van der Waals surface area contributed by atoms with Gasteiger partial charge in [0.15, 0.2) is 0 Å². The number of carboxylic acids is 1. The van der Waals surface area contributed by atoms with Crippen LogP contribution in [0.25, 0.3) is 6.08 Å². The maximum absolute atomic E-state index is 12.1. The third kappa shape index (κ3) is 4.25. The van der Waals surface area contributed by atoms with Crippen LogP contribution in [0.5, 0.6) is 0 Å². The van der Waals surface area contributed by atoms with Crippen molar-refractivity contribution in [1.82, 2.24) is 4.90 Å². The van der Waals surface area contributed by atoms with Crippen LogP contribution in [0.1, 0.15) is 27.9 Å². The van der Waals surface area contributed by atoms with Crippen LogP contribution >= 0.6 is 0 Å². The van der Waals surface area contributed by atoms with E-state index in [1.807, 2.05) is 13.0 Å². The summed E-state index contributed by atoms with van der Waals surface area (Å²) >= 11 is 0. The molecule has 0 heterocycles. The van der Waals surface area contributed by atoms with Crippen molar-refractivity contribution in [2.75, 3.05) is 13.6 Å². The molecule has 0 aliphatic heterocycles. The van der Waals surface area contributed by atoms with Crippen LogP contribution in [-0.4, -0.2) is 35.5 Å². The van der Waals surface area contributed by atoms with Gasteiger partial charge in [0.2, 0.25) is 0 Å². The number of hydrogen-bond donors (Lipinski definition) is 1. The van der Waals surface area contributed by atoms with Crippen molar-refractivity contribution in [3.05, 3.63) is 41.0 Å². The van der Waals surface area contributed by atoms with Gasteiger partial charge in [-0.05, 0) is 36.3 Å². The first kappa shape index (κ1) is 15.4. The Morgan fingerprint density at radius 2 is 2.15 bits per heavy atom. The number of carbonyl (C=O) groups is 2. The topological polar surface area (TPSA) is 81.4 Å². The zero-order valence-corrected chi connectivity index (χ0v) is 11.5. The van der Waals surface area contributed by atoms with E-state index in [9.17, 15) is 9.59 Å². The summed E-state index contributed by atoms with van der Waals surface area (Å²) in [6.45, 7) is 2.20. The number of carboxylic acid groups (broad SMARTS) is 1. The summed E-state index contributed by atoms with van der Waals surface area (Å²) in [6, 6.07) is 7.07. The Hall–Kier alpha value is -2.61. The fraction of sp³-hybridized carbons (Fsp3) is 0.267. The maximum atomic E-state index is 12.1. The van der Waals surface area contributed by atoms with Crippen LogP contribution in [0.3, 0.4) is 0 Å². The highest BCUT2D eigenvalue weighted by Crippen LogP contribution is 2.14. The summed E-state index contributed by atoms with van der Waals surface area (Å²) in [6.07, 6.45) is 2.84. The van der Waals surface area contributed by atoms with E-state index in [0.29, 0.717) is 18.5 Å². The first-order valence-electron chi connectivity index (χ1n) is 6.09. The van der Waals surface area contributed by atoms with Crippen molar-refractivity contribution in [2.24, 2.45) is 0 Å². The lowest BCUT2D eigenvalue weighted by atomic mass is 10.0. The first-order valence-corrected chi connectivity index (χ1v) is 6.09. The zero-order chi connectivity index (χ0) is 15.1. The summed E-state index contributed by atoms with van der Waals surface area (Å²) in [5, 5.41) is 17.1. The Labute approximate surface area is 117 Å². The fourth-order valence-corrected chi connectivity index (χ4v) is 1.70. The lowest BCUT2D eigenvalue weighted by Crippen LogP contribution is -2.27. The highest BCUT2D eigenvalue weighted by Gasteiger charge is 2.11. The Balaban J connectivity index is 2.89. The minimum absolute atomic E-state index is 0.155. The lowest BCUT2D eigenvalue weighted by Gasteiger charge is -2.16. The number of carbonyl (C=O) groups excluding carboxylic acids is 1. The van der Waals surface area contributed by atoms with E-state index in [2.05, 4.69) is 0 Å². The molecule has 0 saturated heterocycles. The molecule has 104 valence electrons. The van der Waals surface area contributed by atoms with Crippen LogP contribution in [0.4, 0.5) is 0 Å². The highest BCUT2D eigenvalue weighted by atomic mass is 16.4. The second-order valence-corrected chi connectivity index (χ2v) is 4.38. The van der Waals surface area contributed by atoms with E-state index in [-0.39, 0.29) is 5.91 Å². The van der Waals surface area contributed by atoms with Gasteiger partial charge in [0.1, 0.15) is 0 Å². The molecule has 0 fully saturated rings. The van der Waals surface area contributed by atoms with Gasteiger partial charge in [-0.25, -0.2) is 4.79 Å². The highest BCUT2D eigenvalue weighted by molar-refractivity contribution is 5.94. The molecule has 0 radical (unpaired) electrons. The second-order valence-electron chi connectivity index (χ2n) is 4.38. The molecule has 5 nitrogen and oxygen atoms in total. The van der Waals surface area contributed by atoms with Crippen LogP contribution in [-0.2, 0) is 4.79 Å². The Bertz CT molecular complexity index is 585. The second kappa shape index (κ2) is 7.10. The molecule has 0 spiro atoms. The van der Waals surface area contributed by atoms with Gasteiger partial charge in [-0.15, -0.1) is 0 Å². The van der Waals surface area contributed by atoms with Gasteiger partial charge >= 0.3 is 5.97 Å². The number of nitriles is 1. The van der Waals surface area contributed by atoms with Crippen molar-refractivity contribution in [1.29, 1.82) is 5.26 Å². The van der Waals surface area contributed by atoms with Gasteiger partial charge in [0.25, 0.3) is 5.91 Å². The Kier molecular flexibility index (Phi) is 5.48. The molecule has 1 aromatic carbocycles. The smallest absolute Gasteiger partial charge is 0.328 e. The summed E-state index contributed by atoms with van der Waals surface area (Å²) in [7, 11) is 1.65. The number of hydrogen-bond acceptors (Lipinski definition) is 3. The number of amides is 1. The lowest BCUT2D eigenvalue weighted by molar-refractivity contribution is -0.131. The maximum Gasteiger partial charge on any atom is 0.328 e. The average molecular weight is 272 g/mol. The van der Waals surface area contributed by atoms with Gasteiger partial charge in [0, 0.05) is 25.2 Å². The number of nitrogens with zero attached hydrogens (tertiary/aromatic N) is 2. The summed E-state index contributed by atoms with van der Waals surface area (Å²) in [4.78, 5) is 24.1. The predicted octanol–water partition coefficient (Wildman–Crippen LogP) is 2.08. The van der Waals surface area contributed by atoms with Gasteiger partial charge in [-0.3, -0.25) is 4.79 Å². The van der Waals surface area contributed by atoms with Gasteiger partial charge in [0.05, 0.1) is 12.5 Å². The van der Waals surface area contributed by atoms with E-state index < -0.39 is 5.97 Å². The standard InChI is InChI=1S/C15H16N2O3/c1-11-10-13(15(20)17(2)9-3-8-16)5-4-12(11)6-7-14(18)19/h4-7,10H,3,9H2,1-2H3,(H,18,19)/b7-6+. The van der Waals surface area contributed by atoms with Crippen LogP contribution in [0.15, 0.2) is 24.3 Å². The normalized spacial score (nSPS) is 10.2. The molecule has 1 amide bonds. The molecular formula is C15H16N2O3. The molecule has 0 bridgehead atoms. The van der Waals surface area contributed by atoms with E-state index in [4.69, 9.17) is 10.4 Å². The molecule has 0 saturated carbocycles. The third-order valence-corrected chi connectivity index (χ3v) is 2.83. The molecule has 1 rings (SSSR count). The van der Waals surface area contributed by atoms with Crippen molar-refractivity contribution < 1.29 is 14.7 Å². The van der Waals surface area contributed by atoms with Gasteiger partial charge in [-0.2, -0.15) is 5.26 Å².